The molecule has 110 valence electrons. The smallest absolute Gasteiger partial charge is 0.257 e. The van der Waals surface area contributed by atoms with E-state index in [4.69, 9.17) is 5.73 Å². The molecule has 0 saturated heterocycles. The maximum absolute atomic E-state index is 13.7. The van der Waals surface area contributed by atoms with Crippen LogP contribution in [0.1, 0.15) is 10.4 Å². The summed E-state index contributed by atoms with van der Waals surface area (Å²) in [5, 5.41) is 2.09. The molecule has 2 aromatic carbocycles. The number of carbonyl (C=O) groups excluding carboxylic acids is 1. The first-order valence-electron chi connectivity index (χ1n) is 5.50. The van der Waals surface area contributed by atoms with Crippen LogP contribution in [0.2, 0.25) is 0 Å². The summed E-state index contributed by atoms with van der Waals surface area (Å²) < 4.78 is 40.8. The lowest BCUT2D eigenvalue weighted by atomic mass is 10.1. The maximum atomic E-state index is 13.7. The van der Waals surface area contributed by atoms with Gasteiger partial charge >= 0.3 is 0 Å². The Balaban J connectivity index is 2.37. The topological polar surface area (TPSA) is 55.1 Å². The standard InChI is InChI=1S/C13H7Br2F3N2O/c14-5-1-9(17)12(10(18)2-5)20-13(21)6-3-11(19)8(16)4-7(6)15/h1-4H,19H2,(H,20,21). The Kier molecular flexibility index (Phi) is 4.58. The third-order valence-corrected chi connectivity index (χ3v) is 3.69. The lowest BCUT2D eigenvalue weighted by molar-refractivity contribution is 0.102. The van der Waals surface area contributed by atoms with Gasteiger partial charge in [-0.05, 0) is 40.2 Å². The molecule has 2 aromatic rings. The van der Waals surface area contributed by atoms with Crippen molar-refractivity contribution in [1.29, 1.82) is 0 Å². The van der Waals surface area contributed by atoms with Gasteiger partial charge in [-0.15, -0.1) is 0 Å². The van der Waals surface area contributed by atoms with Crippen LogP contribution >= 0.6 is 31.9 Å². The molecule has 0 aliphatic rings. The van der Waals surface area contributed by atoms with E-state index in [1.165, 1.54) is 0 Å². The van der Waals surface area contributed by atoms with E-state index in [1.54, 1.807) is 0 Å². The first kappa shape index (κ1) is 15.8. The minimum absolute atomic E-state index is 0.0457. The van der Waals surface area contributed by atoms with E-state index >= 15 is 0 Å². The first-order valence-corrected chi connectivity index (χ1v) is 7.08. The van der Waals surface area contributed by atoms with Gasteiger partial charge in [-0.25, -0.2) is 13.2 Å². The molecule has 0 saturated carbocycles. The maximum Gasteiger partial charge on any atom is 0.257 e. The SMILES string of the molecule is Nc1cc(C(=O)Nc2c(F)cc(Br)cc2F)c(Br)cc1F. The Morgan fingerprint density at radius 3 is 2.14 bits per heavy atom. The molecule has 0 radical (unpaired) electrons. The molecule has 0 bridgehead atoms. The molecule has 0 fully saturated rings. The number of anilines is 2. The average Bonchev–Trinajstić information content (AvgIpc) is 2.37. The average molecular weight is 424 g/mol. The number of rotatable bonds is 2. The highest BCUT2D eigenvalue weighted by Gasteiger charge is 2.18. The Labute approximate surface area is 134 Å². The number of nitrogens with two attached hydrogens (primary N) is 1. The molecular weight excluding hydrogens is 417 g/mol. The highest BCUT2D eigenvalue weighted by atomic mass is 79.9. The van der Waals surface area contributed by atoms with Crippen LogP contribution in [-0.4, -0.2) is 5.91 Å². The van der Waals surface area contributed by atoms with Crippen LogP contribution in [0.15, 0.2) is 33.2 Å². The number of hydrogen-bond donors (Lipinski definition) is 2. The summed E-state index contributed by atoms with van der Waals surface area (Å²) in [4.78, 5) is 12.0. The lowest BCUT2D eigenvalue weighted by Crippen LogP contribution is -2.15. The van der Waals surface area contributed by atoms with Crippen LogP contribution in [0, 0.1) is 17.5 Å². The predicted molar refractivity (Wildman–Crippen MR) is 80.5 cm³/mol. The summed E-state index contributed by atoms with van der Waals surface area (Å²) in [6.07, 6.45) is 0. The third kappa shape index (κ3) is 3.38. The van der Waals surface area contributed by atoms with Gasteiger partial charge in [-0.2, -0.15) is 0 Å². The molecule has 0 aliphatic carbocycles. The third-order valence-electron chi connectivity index (χ3n) is 2.58. The fourth-order valence-electron chi connectivity index (χ4n) is 1.58. The number of hydrogen-bond acceptors (Lipinski definition) is 2. The molecule has 0 heterocycles. The zero-order chi connectivity index (χ0) is 15.7. The van der Waals surface area contributed by atoms with Gasteiger partial charge in [0.1, 0.15) is 11.5 Å². The van der Waals surface area contributed by atoms with Crippen molar-refractivity contribution in [1.82, 2.24) is 0 Å². The van der Waals surface area contributed by atoms with Crippen molar-refractivity contribution >= 4 is 49.1 Å². The van der Waals surface area contributed by atoms with Crippen LogP contribution in [0.25, 0.3) is 0 Å². The van der Waals surface area contributed by atoms with Crippen LogP contribution in [0.3, 0.4) is 0 Å². The van der Waals surface area contributed by atoms with E-state index < -0.39 is 29.0 Å². The van der Waals surface area contributed by atoms with Crippen molar-refractivity contribution in [2.75, 3.05) is 11.1 Å². The second-order valence-corrected chi connectivity index (χ2v) is 5.82. The van der Waals surface area contributed by atoms with E-state index in [2.05, 4.69) is 37.2 Å². The van der Waals surface area contributed by atoms with Gasteiger partial charge in [0, 0.05) is 8.95 Å². The summed E-state index contributed by atoms with van der Waals surface area (Å²) >= 11 is 5.92. The normalized spacial score (nSPS) is 10.5. The molecule has 3 N–H and O–H groups in total. The quantitative estimate of drug-likeness (QED) is 0.700. The number of carbonyl (C=O) groups is 1. The fourth-order valence-corrected chi connectivity index (χ4v) is 2.48. The van der Waals surface area contributed by atoms with Crippen molar-refractivity contribution < 1.29 is 18.0 Å². The number of nitrogen functional groups attached to an aromatic ring is 1. The van der Waals surface area contributed by atoms with Gasteiger partial charge in [0.05, 0.1) is 11.3 Å². The highest BCUT2D eigenvalue weighted by Crippen LogP contribution is 2.27. The van der Waals surface area contributed by atoms with Crippen LogP contribution in [-0.2, 0) is 0 Å². The van der Waals surface area contributed by atoms with E-state index in [0.29, 0.717) is 0 Å². The summed E-state index contributed by atoms with van der Waals surface area (Å²) in [5.74, 6) is -3.42. The molecule has 1 amide bonds. The fraction of sp³-hybridized carbons (Fsp3) is 0. The summed E-state index contributed by atoms with van der Waals surface area (Å²) in [7, 11) is 0. The Morgan fingerprint density at radius 1 is 1.00 bits per heavy atom. The molecular formula is C13H7Br2F3N2O. The zero-order valence-corrected chi connectivity index (χ0v) is 13.4. The molecule has 0 atom stereocenters. The van der Waals surface area contributed by atoms with Crippen molar-refractivity contribution in [2.45, 2.75) is 0 Å². The monoisotopic (exact) mass is 422 g/mol. The molecule has 0 unspecified atom stereocenters. The molecule has 0 spiro atoms. The number of nitrogens with one attached hydrogen (secondary N) is 1. The summed E-state index contributed by atoms with van der Waals surface area (Å²) in [5.41, 5.74) is 4.48. The molecule has 2 rings (SSSR count). The van der Waals surface area contributed by atoms with E-state index in [0.717, 1.165) is 24.3 Å². The Hall–Kier alpha value is -1.54. The molecule has 8 heteroatoms. The van der Waals surface area contributed by atoms with E-state index in [-0.39, 0.29) is 20.2 Å². The van der Waals surface area contributed by atoms with Crippen molar-refractivity contribution in [3.05, 3.63) is 56.2 Å². The van der Waals surface area contributed by atoms with E-state index in [9.17, 15) is 18.0 Å². The number of benzene rings is 2. The van der Waals surface area contributed by atoms with Crippen molar-refractivity contribution in [2.24, 2.45) is 0 Å². The lowest BCUT2D eigenvalue weighted by Gasteiger charge is -2.10. The molecule has 0 aliphatic heterocycles. The predicted octanol–water partition coefficient (Wildman–Crippen LogP) is 4.46. The minimum Gasteiger partial charge on any atom is -0.396 e. The Bertz CT molecular complexity index is 715. The van der Waals surface area contributed by atoms with Crippen LogP contribution in [0.5, 0.6) is 0 Å². The van der Waals surface area contributed by atoms with Crippen molar-refractivity contribution in [3.63, 3.8) is 0 Å². The molecule has 21 heavy (non-hydrogen) atoms. The van der Waals surface area contributed by atoms with Gasteiger partial charge < -0.3 is 11.1 Å². The minimum atomic E-state index is -0.943. The number of halogens is 5. The molecule has 0 aromatic heterocycles. The van der Waals surface area contributed by atoms with Gasteiger partial charge in [-0.3, -0.25) is 4.79 Å². The van der Waals surface area contributed by atoms with Crippen LogP contribution in [0.4, 0.5) is 24.5 Å². The highest BCUT2D eigenvalue weighted by molar-refractivity contribution is 9.10. The second-order valence-electron chi connectivity index (χ2n) is 4.05. The van der Waals surface area contributed by atoms with Crippen molar-refractivity contribution in [3.8, 4) is 0 Å². The van der Waals surface area contributed by atoms with Crippen LogP contribution < -0.4 is 11.1 Å². The van der Waals surface area contributed by atoms with Gasteiger partial charge in [0.2, 0.25) is 0 Å². The Morgan fingerprint density at radius 2 is 1.57 bits per heavy atom. The second kappa shape index (κ2) is 6.07. The van der Waals surface area contributed by atoms with E-state index in [1.807, 2.05) is 0 Å². The van der Waals surface area contributed by atoms with Gasteiger partial charge in [0.25, 0.3) is 5.91 Å². The molecule has 3 nitrogen and oxygen atoms in total. The summed E-state index contributed by atoms with van der Waals surface area (Å²) in [6, 6.07) is 4.08. The largest absolute Gasteiger partial charge is 0.396 e. The van der Waals surface area contributed by atoms with Gasteiger partial charge in [0.15, 0.2) is 11.6 Å². The first-order chi connectivity index (χ1) is 9.79. The zero-order valence-electron chi connectivity index (χ0n) is 10.2. The number of amides is 1. The van der Waals surface area contributed by atoms with Gasteiger partial charge in [-0.1, -0.05) is 15.9 Å². The summed E-state index contributed by atoms with van der Waals surface area (Å²) in [6.45, 7) is 0.